The van der Waals surface area contributed by atoms with Crippen LogP contribution in [-0.2, 0) is 0 Å². The molecule has 0 aliphatic carbocycles. The lowest BCUT2D eigenvalue weighted by Gasteiger charge is -2.11. The molecule has 4 N–H and O–H groups in total. The van der Waals surface area contributed by atoms with Gasteiger partial charge in [-0.25, -0.2) is 9.97 Å². The summed E-state index contributed by atoms with van der Waals surface area (Å²) in [5, 5.41) is 23.4. The van der Waals surface area contributed by atoms with Gasteiger partial charge in [0.15, 0.2) is 11.5 Å². The van der Waals surface area contributed by atoms with Crippen LogP contribution in [0, 0.1) is 5.41 Å². The molecule has 0 saturated carbocycles. The number of rotatable bonds is 5. The highest BCUT2D eigenvalue weighted by molar-refractivity contribution is 5.87. The lowest BCUT2D eigenvalue weighted by atomic mass is 10.3. The van der Waals surface area contributed by atoms with E-state index in [1.54, 1.807) is 30.6 Å². The van der Waals surface area contributed by atoms with E-state index in [0.29, 0.717) is 22.7 Å². The van der Waals surface area contributed by atoms with Crippen molar-refractivity contribution in [2.45, 2.75) is 19.9 Å². The number of nitrogens with one attached hydrogen (secondary N) is 3. The molecule has 2 aromatic heterocycles. The van der Waals surface area contributed by atoms with Crippen LogP contribution in [0.4, 0.5) is 5.82 Å². The van der Waals surface area contributed by atoms with Gasteiger partial charge in [0, 0.05) is 36.9 Å². The number of phenols is 1. The minimum absolute atomic E-state index is 0.153. The number of imidazole rings is 1. The van der Waals surface area contributed by atoms with Crippen molar-refractivity contribution in [1.82, 2.24) is 19.7 Å². The molecule has 3 rings (SSSR count). The van der Waals surface area contributed by atoms with Gasteiger partial charge in [-0.05, 0) is 26.0 Å². The smallest absolute Gasteiger partial charge is 0.180 e. The summed E-state index contributed by atoms with van der Waals surface area (Å²) in [6.45, 7) is 4.03. The normalized spacial score (nSPS) is 12.0. The lowest BCUT2D eigenvalue weighted by Crippen LogP contribution is -2.18. The van der Waals surface area contributed by atoms with E-state index in [4.69, 9.17) is 5.41 Å². The summed E-state index contributed by atoms with van der Waals surface area (Å²) in [4.78, 5) is 8.85. The molecule has 3 aromatic rings. The van der Waals surface area contributed by atoms with E-state index in [2.05, 4.69) is 20.6 Å². The molecule has 0 spiro atoms. The minimum Gasteiger partial charge on any atom is -0.508 e. The van der Waals surface area contributed by atoms with Gasteiger partial charge in [0.1, 0.15) is 5.75 Å². The Hall–Kier alpha value is -3.09. The summed E-state index contributed by atoms with van der Waals surface area (Å²) >= 11 is 0. The lowest BCUT2D eigenvalue weighted by molar-refractivity contribution is 0.476. The summed E-state index contributed by atoms with van der Waals surface area (Å²) in [6.07, 6.45) is 6.46. The summed E-state index contributed by atoms with van der Waals surface area (Å²) in [7, 11) is 0. The number of nitrogens with zero attached hydrogens (tertiary/aromatic N) is 3. The van der Waals surface area contributed by atoms with Crippen molar-refractivity contribution >= 4 is 28.7 Å². The molecule has 0 fully saturated rings. The molecule has 118 valence electrons. The van der Waals surface area contributed by atoms with Crippen molar-refractivity contribution in [3.63, 3.8) is 0 Å². The number of hydrogen-bond acceptors (Lipinski definition) is 6. The van der Waals surface area contributed by atoms with Crippen molar-refractivity contribution in [3.05, 3.63) is 42.5 Å². The number of aromatic hydroxyl groups is 1. The third kappa shape index (κ3) is 2.94. The molecule has 0 atom stereocenters. The zero-order chi connectivity index (χ0) is 16.4. The van der Waals surface area contributed by atoms with Crippen molar-refractivity contribution < 1.29 is 5.11 Å². The first-order valence-electron chi connectivity index (χ1n) is 7.28. The average molecular weight is 310 g/mol. The predicted molar refractivity (Wildman–Crippen MR) is 90.9 cm³/mol. The Morgan fingerprint density at radius 3 is 2.96 bits per heavy atom. The number of phenolic OH excluding ortho intramolecular Hbond substituents is 1. The molecule has 7 nitrogen and oxygen atoms in total. The molecule has 0 radical (unpaired) electrons. The molecule has 0 saturated heterocycles. The van der Waals surface area contributed by atoms with E-state index in [1.165, 1.54) is 6.21 Å². The molecule has 7 heteroatoms. The molecule has 2 heterocycles. The van der Waals surface area contributed by atoms with Crippen LogP contribution in [0.2, 0.25) is 0 Å². The third-order valence-corrected chi connectivity index (χ3v) is 3.29. The summed E-state index contributed by atoms with van der Waals surface area (Å²) in [6, 6.07) is 5.27. The summed E-state index contributed by atoms with van der Waals surface area (Å²) in [5.41, 5.74) is 2.71. The van der Waals surface area contributed by atoms with Crippen LogP contribution in [0.5, 0.6) is 5.75 Å². The highest BCUT2D eigenvalue weighted by atomic mass is 16.3. The van der Waals surface area contributed by atoms with E-state index in [1.807, 2.05) is 24.4 Å². The zero-order valence-corrected chi connectivity index (χ0v) is 12.9. The highest BCUT2D eigenvalue weighted by Gasteiger charge is 2.10. The minimum atomic E-state index is 0.153. The molecular formula is C16H18N6O. The fourth-order valence-corrected chi connectivity index (χ4v) is 2.24. The predicted octanol–water partition coefficient (Wildman–Crippen LogP) is 2.49. The quantitative estimate of drug-likeness (QED) is 0.543. The van der Waals surface area contributed by atoms with Crippen LogP contribution in [0.25, 0.3) is 16.7 Å². The van der Waals surface area contributed by atoms with Gasteiger partial charge in [-0.15, -0.1) is 0 Å². The van der Waals surface area contributed by atoms with Gasteiger partial charge in [-0.2, -0.15) is 0 Å². The SMILES string of the molecule is CC(C)N/C=C(\C=N)Nc1nc2cc(O)ccc2n2ccnc12. The maximum atomic E-state index is 9.67. The van der Waals surface area contributed by atoms with Gasteiger partial charge in [0.2, 0.25) is 0 Å². The van der Waals surface area contributed by atoms with Crippen LogP contribution >= 0.6 is 0 Å². The van der Waals surface area contributed by atoms with E-state index in [0.717, 1.165) is 5.52 Å². The second-order valence-electron chi connectivity index (χ2n) is 5.44. The fraction of sp³-hybridized carbons (Fsp3) is 0.188. The Balaban J connectivity index is 2.10. The second-order valence-corrected chi connectivity index (χ2v) is 5.44. The third-order valence-electron chi connectivity index (χ3n) is 3.29. The molecule has 0 amide bonds. The van der Waals surface area contributed by atoms with Crippen molar-refractivity contribution in [2.75, 3.05) is 5.32 Å². The number of anilines is 1. The van der Waals surface area contributed by atoms with E-state index < -0.39 is 0 Å². The highest BCUT2D eigenvalue weighted by Crippen LogP contribution is 2.24. The maximum Gasteiger partial charge on any atom is 0.180 e. The van der Waals surface area contributed by atoms with Gasteiger partial charge >= 0.3 is 0 Å². The average Bonchev–Trinajstić information content (AvgIpc) is 3.00. The summed E-state index contributed by atoms with van der Waals surface area (Å²) < 4.78 is 1.89. The zero-order valence-electron chi connectivity index (χ0n) is 12.9. The van der Waals surface area contributed by atoms with Crippen molar-refractivity contribution in [1.29, 1.82) is 5.41 Å². The molecule has 23 heavy (non-hydrogen) atoms. The molecular weight excluding hydrogens is 292 g/mol. The number of hydrogen-bond donors (Lipinski definition) is 4. The molecule has 0 aliphatic rings. The Morgan fingerprint density at radius 1 is 1.39 bits per heavy atom. The van der Waals surface area contributed by atoms with Crippen molar-refractivity contribution in [3.8, 4) is 5.75 Å². The Kier molecular flexibility index (Phi) is 3.84. The number of allylic oxidation sites excluding steroid dienone is 1. The van der Waals surface area contributed by atoms with E-state index in [-0.39, 0.29) is 11.8 Å². The fourth-order valence-electron chi connectivity index (χ4n) is 2.24. The number of fused-ring (bicyclic) bond motifs is 3. The standard InChI is InChI=1S/C16H18N6O/c1-10(2)19-9-11(8-17)20-15-16-18-5-6-22(16)14-4-3-12(23)7-13(14)21-15/h3-10,17,19,23H,1-2H3,(H,20,21)/b11-9+,17-8?. The number of aromatic nitrogens is 3. The molecule has 1 aromatic carbocycles. The molecule has 0 bridgehead atoms. The van der Waals surface area contributed by atoms with Gasteiger partial charge < -0.3 is 21.1 Å². The Bertz CT molecular complexity index is 896. The number of benzene rings is 1. The van der Waals surface area contributed by atoms with Gasteiger partial charge in [-0.3, -0.25) is 4.40 Å². The Morgan fingerprint density at radius 2 is 2.22 bits per heavy atom. The van der Waals surface area contributed by atoms with E-state index in [9.17, 15) is 5.11 Å². The Labute approximate surface area is 133 Å². The van der Waals surface area contributed by atoms with Gasteiger partial charge in [-0.1, -0.05) is 0 Å². The van der Waals surface area contributed by atoms with Crippen LogP contribution in [-0.4, -0.2) is 31.7 Å². The van der Waals surface area contributed by atoms with E-state index >= 15 is 0 Å². The first-order valence-corrected chi connectivity index (χ1v) is 7.28. The first-order chi connectivity index (χ1) is 11.1. The molecule has 0 unspecified atom stereocenters. The largest absolute Gasteiger partial charge is 0.508 e. The van der Waals surface area contributed by atoms with Crippen molar-refractivity contribution in [2.24, 2.45) is 0 Å². The molecule has 0 aliphatic heterocycles. The van der Waals surface area contributed by atoms with Gasteiger partial charge in [0.05, 0.1) is 16.7 Å². The topological polar surface area (TPSA) is 98.3 Å². The maximum absolute atomic E-state index is 9.67. The van der Waals surface area contributed by atoms with Crippen LogP contribution in [0.1, 0.15) is 13.8 Å². The monoisotopic (exact) mass is 310 g/mol. The summed E-state index contributed by atoms with van der Waals surface area (Å²) in [5.74, 6) is 0.674. The van der Waals surface area contributed by atoms with Gasteiger partial charge in [0.25, 0.3) is 0 Å². The second kappa shape index (κ2) is 5.96. The first kappa shape index (κ1) is 14.8. The van der Waals surface area contributed by atoms with Crippen LogP contribution in [0.3, 0.4) is 0 Å². The van der Waals surface area contributed by atoms with Crippen LogP contribution < -0.4 is 10.6 Å². The van der Waals surface area contributed by atoms with Crippen LogP contribution in [0.15, 0.2) is 42.5 Å².